The Morgan fingerprint density at radius 1 is 1.23 bits per heavy atom. The Kier molecular flexibility index (Phi) is 1.83. The molecule has 0 saturated carbocycles. The molecule has 3 fully saturated rings. The molecular weight excluding hydrogens is 172 g/mol. The first-order chi connectivity index (χ1) is 6.40. The molecule has 0 bridgehead atoms. The van der Waals surface area contributed by atoms with Crippen LogP contribution < -0.4 is 0 Å². The number of methoxy groups -OCH3 is 1. The number of rotatable bonds is 1. The summed E-state index contributed by atoms with van der Waals surface area (Å²) >= 11 is 0. The van der Waals surface area contributed by atoms with Crippen molar-refractivity contribution in [1.29, 1.82) is 0 Å². The third kappa shape index (κ3) is 1.06. The minimum Gasteiger partial charge on any atom is -0.379 e. The number of hydrogen-bond acceptors (Lipinski definition) is 4. The van der Waals surface area contributed by atoms with E-state index in [9.17, 15) is 0 Å². The first kappa shape index (κ1) is 8.17. The summed E-state index contributed by atoms with van der Waals surface area (Å²) in [5.74, 6) is 0.870. The number of fused-ring (bicyclic) bond motifs is 3. The van der Waals surface area contributed by atoms with Crippen LogP contribution in [-0.4, -0.2) is 39.0 Å². The molecule has 4 heteroatoms. The van der Waals surface area contributed by atoms with Gasteiger partial charge in [0.15, 0.2) is 12.6 Å². The van der Waals surface area contributed by atoms with Gasteiger partial charge in [-0.2, -0.15) is 0 Å². The van der Waals surface area contributed by atoms with Crippen molar-refractivity contribution >= 4 is 0 Å². The van der Waals surface area contributed by atoms with Crippen LogP contribution in [0.1, 0.15) is 6.42 Å². The van der Waals surface area contributed by atoms with Crippen LogP contribution in [0.3, 0.4) is 0 Å². The molecule has 74 valence electrons. The first-order valence-electron chi connectivity index (χ1n) is 4.81. The Morgan fingerprint density at radius 3 is 3.00 bits per heavy atom. The van der Waals surface area contributed by atoms with Crippen molar-refractivity contribution in [1.82, 2.24) is 0 Å². The zero-order chi connectivity index (χ0) is 8.84. The molecule has 0 aromatic carbocycles. The highest BCUT2D eigenvalue weighted by Gasteiger charge is 2.55. The van der Waals surface area contributed by atoms with Gasteiger partial charge in [0.1, 0.15) is 0 Å². The lowest BCUT2D eigenvalue weighted by Gasteiger charge is -2.18. The largest absolute Gasteiger partial charge is 0.379 e. The summed E-state index contributed by atoms with van der Waals surface area (Å²) in [6.07, 6.45) is 1.16. The monoisotopic (exact) mass is 186 g/mol. The van der Waals surface area contributed by atoms with Crippen molar-refractivity contribution in [3.8, 4) is 0 Å². The van der Waals surface area contributed by atoms with Gasteiger partial charge in [-0.25, -0.2) is 0 Å². The van der Waals surface area contributed by atoms with E-state index in [0.29, 0.717) is 18.4 Å². The average Bonchev–Trinajstić information content (AvgIpc) is 2.72. The van der Waals surface area contributed by atoms with Gasteiger partial charge in [0.05, 0.1) is 19.3 Å². The summed E-state index contributed by atoms with van der Waals surface area (Å²) < 4.78 is 21.9. The molecule has 0 amide bonds. The molecule has 3 rings (SSSR count). The molecule has 4 nitrogen and oxygen atoms in total. The second-order valence-corrected chi connectivity index (χ2v) is 3.88. The molecule has 0 aliphatic carbocycles. The summed E-state index contributed by atoms with van der Waals surface area (Å²) in [4.78, 5) is 0. The van der Waals surface area contributed by atoms with E-state index in [4.69, 9.17) is 18.9 Å². The summed E-state index contributed by atoms with van der Waals surface area (Å²) in [5.41, 5.74) is 0. The van der Waals surface area contributed by atoms with Crippen LogP contribution in [0.5, 0.6) is 0 Å². The molecule has 0 radical (unpaired) electrons. The topological polar surface area (TPSA) is 36.9 Å². The lowest BCUT2D eigenvalue weighted by molar-refractivity contribution is -0.188. The second-order valence-electron chi connectivity index (χ2n) is 3.88. The number of hydrogen-bond donors (Lipinski definition) is 0. The van der Waals surface area contributed by atoms with Gasteiger partial charge in [-0.3, -0.25) is 0 Å². The van der Waals surface area contributed by atoms with E-state index in [1.165, 1.54) is 0 Å². The highest BCUT2D eigenvalue weighted by atomic mass is 16.8. The van der Waals surface area contributed by atoms with Gasteiger partial charge in [-0.05, 0) is 6.42 Å². The molecule has 5 atom stereocenters. The maximum atomic E-state index is 5.62. The SMILES string of the molecule is CO[C@@H]1CO[C@@H]2O[C@H]3OCC[C@H]3[C@@H]21. The molecule has 0 aromatic heterocycles. The molecule has 3 aliphatic heterocycles. The average molecular weight is 186 g/mol. The predicted molar refractivity (Wildman–Crippen MR) is 43.0 cm³/mol. The number of ether oxygens (including phenoxy) is 4. The van der Waals surface area contributed by atoms with Crippen molar-refractivity contribution < 1.29 is 18.9 Å². The molecular formula is C9H14O4. The van der Waals surface area contributed by atoms with E-state index in [1.807, 2.05) is 0 Å². The Bertz CT molecular complexity index is 206. The standard InChI is InChI=1S/C9H14O4/c1-10-6-4-12-9-7(6)5-2-3-11-8(5)13-9/h5-9H,2-4H2,1H3/t5-,6+,7+,8+,9+/m0/s1. The summed E-state index contributed by atoms with van der Waals surface area (Å²) in [6.45, 7) is 1.48. The van der Waals surface area contributed by atoms with Crippen molar-refractivity contribution in [3.63, 3.8) is 0 Å². The van der Waals surface area contributed by atoms with Crippen LogP contribution in [0.25, 0.3) is 0 Å². The van der Waals surface area contributed by atoms with Gasteiger partial charge < -0.3 is 18.9 Å². The van der Waals surface area contributed by atoms with Gasteiger partial charge in [0.2, 0.25) is 0 Å². The lowest BCUT2D eigenvalue weighted by Crippen LogP contribution is -2.28. The van der Waals surface area contributed by atoms with Gasteiger partial charge in [-0.1, -0.05) is 0 Å². The minimum absolute atomic E-state index is 0.0343. The van der Waals surface area contributed by atoms with Crippen molar-refractivity contribution in [2.75, 3.05) is 20.3 Å². The second kappa shape index (κ2) is 2.92. The fourth-order valence-electron chi connectivity index (χ4n) is 2.65. The van der Waals surface area contributed by atoms with Crippen molar-refractivity contribution in [2.45, 2.75) is 25.1 Å². The van der Waals surface area contributed by atoms with Crippen LogP contribution >= 0.6 is 0 Å². The van der Waals surface area contributed by atoms with E-state index in [0.717, 1.165) is 13.0 Å². The Labute approximate surface area is 77.1 Å². The maximum Gasteiger partial charge on any atom is 0.166 e. The first-order valence-corrected chi connectivity index (χ1v) is 4.81. The third-order valence-corrected chi connectivity index (χ3v) is 3.32. The highest BCUT2D eigenvalue weighted by Crippen LogP contribution is 2.45. The quantitative estimate of drug-likeness (QED) is 0.592. The summed E-state index contributed by atoms with van der Waals surface area (Å²) in [7, 11) is 1.74. The van der Waals surface area contributed by atoms with Gasteiger partial charge in [0, 0.05) is 18.9 Å². The van der Waals surface area contributed by atoms with Crippen LogP contribution in [0, 0.1) is 11.8 Å². The van der Waals surface area contributed by atoms with Gasteiger partial charge in [0.25, 0.3) is 0 Å². The van der Waals surface area contributed by atoms with E-state index in [1.54, 1.807) is 7.11 Å². The van der Waals surface area contributed by atoms with Gasteiger partial charge >= 0.3 is 0 Å². The molecule has 0 spiro atoms. The Morgan fingerprint density at radius 2 is 2.15 bits per heavy atom. The zero-order valence-electron chi connectivity index (χ0n) is 7.64. The predicted octanol–water partition coefficient (Wildman–Crippen LogP) is 0.367. The molecule has 0 N–H and O–H groups in total. The van der Waals surface area contributed by atoms with Crippen LogP contribution in [-0.2, 0) is 18.9 Å². The van der Waals surface area contributed by atoms with Crippen molar-refractivity contribution in [3.05, 3.63) is 0 Å². The van der Waals surface area contributed by atoms with E-state index >= 15 is 0 Å². The van der Waals surface area contributed by atoms with Crippen LogP contribution in [0.15, 0.2) is 0 Å². The fourth-order valence-corrected chi connectivity index (χ4v) is 2.65. The van der Waals surface area contributed by atoms with E-state index < -0.39 is 0 Å². The Hall–Kier alpha value is -0.160. The molecule has 0 unspecified atom stereocenters. The minimum atomic E-state index is -0.0831. The molecule has 0 aromatic rings. The normalized spacial score (nSPS) is 53.8. The molecule has 13 heavy (non-hydrogen) atoms. The van der Waals surface area contributed by atoms with Crippen LogP contribution in [0.2, 0.25) is 0 Å². The molecule has 3 heterocycles. The van der Waals surface area contributed by atoms with Gasteiger partial charge in [-0.15, -0.1) is 0 Å². The smallest absolute Gasteiger partial charge is 0.166 e. The molecule has 3 saturated heterocycles. The van der Waals surface area contributed by atoms with E-state index in [-0.39, 0.29) is 18.7 Å². The van der Waals surface area contributed by atoms with Crippen molar-refractivity contribution in [2.24, 2.45) is 11.8 Å². The summed E-state index contributed by atoms with van der Waals surface area (Å²) in [6, 6.07) is 0. The Balaban J connectivity index is 1.81. The highest BCUT2D eigenvalue weighted by molar-refractivity contribution is 4.93. The van der Waals surface area contributed by atoms with E-state index in [2.05, 4.69) is 0 Å². The molecule has 3 aliphatic rings. The third-order valence-electron chi connectivity index (χ3n) is 3.32. The zero-order valence-corrected chi connectivity index (χ0v) is 7.64. The summed E-state index contributed by atoms with van der Waals surface area (Å²) in [5, 5.41) is 0. The van der Waals surface area contributed by atoms with Crippen LogP contribution in [0.4, 0.5) is 0 Å². The maximum absolute atomic E-state index is 5.62. The lowest BCUT2D eigenvalue weighted by atomic mass is 9.89. The fraction of sp³-hybridized carbons (Fsp3) is 1.00.